The molecule has 6 nitrogen and oxygen atoms in total. The summed E-state index contributed by atoms with van der Waals surface area (Å²) < 4.78 is 4.13. The molecule has 15 heavy (non-hydrogen) atoms. The lowest BCUT2D eigenvalue weighted by Gasteiger charge is -2.08. The summed E-state index contributed by atoms with van der Waals surface area (Å²) in [6.07, 6.45) is 2.89. The van der Waals surface area contributed by atoms with Gasteiger partial charge in [-0.05, 0) is 0 Å². The number of carbonyl (C=O) groups is 2. The maximum atomic E-state index is 11.4. The molecule has 0 aliphatic heterocycles. The van der Waals surface area contributed by atoms with Crippen LogP contribution in [-0.4, -0.2) is 39.7 Å². The van der Waals surface area contributed by atoms with Crippen molar-refractivity contribution in [2.45, 2.75) is 3.92 Å². The number of rotatable bonds is 4. The van der Waals surface area contributed by atoms with Gasteiger partial charge in [-0.25, -0.2) is 0 Å². The average molecular weight is 323 g/mol. The van der Waals surface area contributed by atoms with E-state index in [2.05, 4.69) is 20.3 Å². The van der Waals surface area contributed by atoms with Crippen molar-refractivity contribution in [3.8, 4) is 0 Å². The Labute approximate surface area is 99.9 Å². The molecule has 82 valence electrons. The van der Waals surface area contributed by atoms with Crippen molar-refractivity contribution >= 4 is 34.5 Å². The van der Waals surface area contributed by atoms with Crippen LogP contribution in [0.3, 0.4) is 0 Å². The molecular weight excluding hydrogens is 313 g/mol. The highest BCUT2D eigenvalue weighted by Gasteiger charge is 2.16. The third-order valence-electron chi connectivity index (χ3n) is 1.66. The zero-order valence-electron chi connectivity index (χ0n) is 7.99. The number of amides is 1. The lowest BCUT2D eigenvalue weighted by molar-refractivity contribution is -0.139. The molecule has 7 heteroatoms. The molecule has 0 saturated carbocycles. The Morgan fingerprint density at radius 3 is 3.00 bits per heavy atom. The topological polar surface area (TPSA) is 84.1 Å². The van der Waals surface area contributed by atoms with E-state index in [1.807, 2.05) is 22.6 Å². The van der Waals surface area contributed by atoms with Crippen LogP contribution >= 0.6 is 22.6 Å². The summed E-state index contributed by atoms with van der Waals surface area (Å²) in [6, 6.07) is 0. The van der Waals surface area contributed by atoms with Gasteiger partial charge in [0.15, 0.2) is 0 Å². The molecular formula is C8H10IN3O3. The monoisotopic (exact) mass is 323 g/mol. The number of nitrogens with zero attached hydrogens (tertiary/aromatic N) is 1. The predicted octanol–water partition coefficient (Wildman–Crippen LogP) is 0.116. The zero-order valence-corrected chi connectivity index (χ0v) is 10.1. The fourth-order valence-corrected chi connectivity index (χ4v) is 1.35. The number of esters is 1. The van der Waals surface area contributed by atoms with Crippen molar-refractivity contribution in [3.05, 3.63) is 18.0 Å². The van der Waals surface area contributed by atoms with E-state index < -0.39 is 0 Å². The lowest BCUT2D eigenvalue weighted by Crippen LogP contribution is -2.33. The van der Waals surface area contributed by atoms with E-state index in [0.717, 1.165) is 0 Å². The van der Waals surface area contributed by atoms with Crippen LogP contribution in [0.1, 0.15) is 10.4 Å². The summed E-state index contributed by atoms with van der Waals surface area (Å²) in [5.74, 6) is -0.627. The summed E-state index contributed by atoms with van der Waals surface area (Å²) in [7, 11) is 1.31. The zero-order chi connectivity index (χ0) is 11.3. The number of methoxy groups -OCH3 is 1. The number of alkyl halides is 1. The molecule has 1 heterocycles. The first-order valence-corrected chi connectivity index (χ1v) is 5.38. The highest BCUT2D eigenvalue weighted by molar-refractivity contribution is 14.1. The van der Waals surface area contributed by atoms with Gasteiger partial charge in [0.05, 0.1) is 18.9 Å². The van der Waals surface area contributed by atoms with Gasteiger partial charge in [-0.15, -0.1) is 0 Å². The van der Waals surface area contributed by atoms with Gasteiger partial charge in [-0.2, -0.15) is 5.10 Å². The summed E-state index contributed by atoms with van der Waals surface area (Å²) in [5, 5.41) is 8.76. The number of nitrogens with one attached hydrogen (secondary N) is 2. The van der Waals surface area contributed by atoms with Gasteiger partial charge >= 0.3 is 5.97 Å². The third kappa shape index (κ3) is 3.50. The molecule has 1 aromatic heterocycles. The van der Waals surface area contributed by atoms with E-state index in [4.69, 9.17) is 0 Å². The number of aromatic amines is 1. The maximum absolute atomic E-state index is 11.4. The van der Waals surface area contributed by atoms with Crippen LogP contribution in [0.5, 0.6) is 0 Å². The minimum Gasteiger partial charge on any atom is -0.468 e. The SMILES string of the molecule is COC(=O)C(I)CNC(=O)c1cn[nH]c1. The Kier molecular flexibility index (Phi) is 4.53. The number of H-pyrrole nitrogens is 1. The molecule has 0 fully saturated rings. The van der Waals surface area contributed by atoms with E-state index in [-0.39, 0.29) is 22.3 Å². The highest BCUT2D eigenvalue weighted by Crippen LogP contribution is 2.01. The molecule has 0 aliphatic carbocycles. The van der Waals surface area contributed by atoms with Crippen molar-refractivity contribution in [1.29, 1.82) is 0 Å². The van der Waals surface area contributed by atoms with Crippen LogP contribution < -0.4 is 5.32 Å². The number of ether oxygens (including phenoxy) is 1. The van der Waals surface area contributed by atoms with Crippen LogP contribution in [0.25, 0.3) is 0 Å². The summed E-state index contributed by atoms with van der Waals surface area (Å²) in [4.78, 5) is 22.4. The van der Waals surface area contributed by atoms with Crippen LogP contribution in [0.4, 0.5) is 0 Å². The van der Waals surface area contributed by atoms with E-state index in [0.29, 0.717) is 5.56 Å². The van der Waals surface area contributed by atoms with Gasteiger partial charge in [0.1, 0.15) is 3.92 Å². The molecule has 0 aromatic carbocycles. The molecule has 1 atom stereocenters. The fraction of sp³-hybridized carbons (Fsp3) is 0.375. The normalized spacial score (nSPS) is 11.9. The summed E-state index contributed by atoms with van der Waals surface area (Å²) >= 11 is 1.91. The lowest BCUT2D eigenvalue weighted by atomic mass is 10.3. The molecule has 1 rings (SSSR count). The molecule has 1 unspecified atom stereocenters. The van der Waals surface area contributed by atoms with Gasteiger partial charge in [0, 0.05) is 12.7 Å². The van der Waals surface area contributed by atoms with Crippen molar-refractivity contribution < 1.29 is 14.3 Å². The van der Waals surface area contributed by atoms with Gasteiger partial charge in [0.25, 0.3) is 5.91 Å². The maximum Gasteiger partial charge on any atom is 0.320 e. The fourth-order valence-electron chi connectivity index (χ4n) is 0.871. The van der Waals surface area contributed by atoms with E-state index in [1.54, 1.807) is 0 Å². The number of hydrogen-bond donors (Lipinski definition) is 2. The standard InChI is InChI=1S/C8H10IN3O3/c1-15-8(14)6(9)4-10-7(13)5-2-11-12-3-5/h2-3,6H,4H2,1H3,(H,10,13)(H,11,12). The first-order chi connectivity index (χ1) is 7.15. The molecule has 0 spiro atoms. The van der Waals surface area contributed by atoms with Crippen LogP contribution in [0, 0.1) is 0 Å². The summed E-state index contributed by atoms with van der Waals surface area (Å²) in [5.41, 5.74) is 0.434. The number of aromatic nitrogens is 2. The van der Waals surface area contributed by atoms with Gasteiger partial charge < -0.3 is 10.1 Å². The van der Waals surface area contributed by atoms with Crippen molar-refractivity contribution in [2.75, 3.05) is 13.7 Å². The second-order valence-electron chi connectivity index (χ2n) is 2.69. The molecule has 0 aliphatic rings. The highest BCUT2D eigenvalue weighted by atomic mass is 127. The summed E-state index contributed by atoms with van der Waals surface area (Å²) in [6.45, 7) is 0.233. The minimum atomic E-state index is -0.386. The third-order valence-corrected chi connectivity index (χ3v) is 2.61. The molecule has 0 saturated heterocycles. The van der Waals surface area contributed by atoms with Gasteiger partial charge in [0.2, 0.25) is 0 Å². The van der Waals surface area contributed by atoms with E-state index in [1.165, 1.54) is 19.5 Å². The molecule has 1 aromatic rings. The second-order valence-corrected chi connectivity index (χ2v) is 4.19. The molecule has 0 bridgehead atoms. The molecule has 2 N–H and O–H groups in total. The van der Waals surface area contributed by atoms with E-state index in [9.17, 15) is 9.59 Å². The quantitative estimate of drug-likeness (QED) is 0.468. The first kappa shape index (κ1) is 12.0. The van der Waals surface area contributed by atoms with Crippen molar-refractivity contribution in [2.24, 2.45) is 0 Å². The van der Waals surface area contributed by atoms with Gasteiger partial charge in [-0.1, -0.05) is 22.6 Å². The van der Waals surface area contributed by atoms with Crippen LogP contribution in [0.2, 0.25) is 0 Å². The van der Waals surface area contributed by atoms with Crippen LogP contribution in [0.15, 0.2) is 12.4 Å². The average Bonchev–Trinajstić information content (AvgIpc) is 2.77. The smallest absolute Gasteiger partial charge is 0.320 e. The Morgan fingerprint density at radius 2 is 2.47 bits per heavy atom. The van der Waals surface area contributed by atoms with Crippen molar-refractivity contribution in [1.82, 2.24) is 15.5 Å². The molecule has 0 radical (unpaired) electrons. The Hall–Kier alpha value is -1.12. The first-order valence-electron chi connectivity index (χ1n) is 4.14. The second kappa shape index (κ2) is 5.69. The Bertz CT molecular complexity index is 339. The van der Waals surface area contributed by atoms with Crippen molar-refractivity contribution in [3.63, 3.8) is 0 Å². The number of carbonyl (C=O) groups excluding carboxylic acids is 2. The van der Waals surface area contributed by atoms with E-state index >= 15 is 0 Å². The molecule has 1 amide bonds. The number of halogens is 1. The Morgan fingerprint density at radius 1 is 1.73 bits per heavy atom. The van der Waals surface area contributed by atoms with Gasteiger partial charge in [-0.3, -0.25) is 14.7 Å². The number of hydrogen-bond acceptors (Lipinski definition) is 4. The largest absolute Gasteiger partial charge is 0.468 e. The Balaban J connectivity index is 2.38. The predicted molar refractivity (Wildman–Crippen MR) is 60.7 cm³/mol. The minimum absolute atomic E-state index is 0.233. The van der Waals surface area contributed by atoms with Crippen LogP contribution in [-0.2, 0) is 9.53 Å².